The van der Waals surface area contributed by atoms with Crippen molar-refractivity contribution in [3.63, 3.8) is 0 Å². The van der Waals surface area contributed by atoms with E-state index in [1.54, 1.807) is 6.08 Å². The van der Waals surface area contributed by atoms with E-state index in [0.29, 0.717) is 0 Å². The van der Waals surface area contributed by atoms with E-state index >= 15 is 0 Å². The van der Waals surface area contributed by atoms with Gasteiger partial charge in [0.1, 0.15) is 0 Å². The molecule has 0 saturated carbocycles. The third kappa shape index (κ3) is 10.6. The Kier molecular flexibility index (Phi) is 8.55. The Hall–Kier alpha value is -1.71. The van der Waals surface area contributed by atoms with Crippen molar-refractivity contribution in [2.75, 3.05) is 0 Å². The van der Waals surface area contributed by atoms with E-state index in [9.17, 15) is 4.91 Å². The molecule has 0 saturated heterocycles. The van der Waals surface area contributed by atoms with Crippen molar-refractivity contribution in [2.24, 2.45) is 15.8 Å². The first-order valence-electron chi connectivity index (χ1n) is 5.75. The summed E-state index contributed by atoms with van der Waals surface area (Å²) in [6, 6.07) is 0. The van der Waals surface area contributed by atoms with Gasteiger partial charge < -0.3 is 0 Å². The molecule has 0 unspecified atom stereocenters. The molecule has 0 spiro atoms. The zero-order chi connectivity index (χ0) is 13.0. The van der Waals surface area contributed by atoms with Crippen molar-refractivity contribution < 1.29 is 0 Å². The van der Waals surface area contributed by atoms with Gasteiger partial charge in [0.05, 0.1) is 5.29 Å². The number of hydrogen-bond donors (Lipinski definition) is 1. The molecule has 0 radical (unpaired) electrons. The summed E-state index contributed by atoms with van der Waals surface area (Å²) in [5.74, 6) is 0. The normalized spacial score (nSPS) is 13.4. The first-order chi connectivity index (χ1) is 8.12. The van der Waals surface area contributed by atoms with Crippen LogP contribution in [-0.4, -0.2) is 6.21 Å². The maximum Gasteiger partial charge on any atom is 0.0722 e. The molecule has 0 fully saturated rings. The molecule has 4 heteroatoms. The zero-order valence-corrected chi connectivity index (χ0v) is 10.8. The molecule has 17 heavy (non-hydrogen) atoms. The minimum Gasteiger partial charge on any atom is -0.164 e. The summed E-state index contributed by atoms with van der Waals surface area (Å²) in [5, 5.41) is 5.87. The van der Waals surface area contributed by atoms with E-state index in [-0.39, 0.29) is 5.41 Å². The van der Waals surface area contributed by atoms with Gasteiger partial charge in [0, 0.05) is 11.6 Å². The van der Waals surface area contributed by atoms with E-state index in [0.717, 1.165) is 6.42 Å². The second-order valence-corrected chi connectivity index (χ2v) is 4.23. The molecule has 1 N–H and O–H groups in total. The van der Waals surface area contributed by atoms with E-state index in [2.05, 4.69) is 49.4 Å². The van der Waals surface area contributed by atoms with Crippen molar-refractivity contribution in [2.45, 2.75) is 33.6 Å². The van der Waals surface area contributed by atoms with Crippen LogP contribution in [-0.2, 0) is 0 Å². The fraction of sp³-hybridized carbons (Fsp3) is 0.462. The summed E-state index contributed by atoms with van der Waals surface area (Å²) in [6.07, 6.45) is 15.8. The van der Waals surface area contributed by atoms with Gasteiger partial charge in [0.2, 0.25) is 0 Å². The molecule has 0 aliphatic carbocycles. The van der Waals surface area contributed by atoms with Crippen LogP contribution in [0.4, 0.5) is 0 Å². The van der Waals surface area contributed by atoms with Gasteiger partial charge in [-0.2, -0.15) is 10.6 Å². The Labute approximate surface area is 103 Å². The van der Waals surface area contributed by atoms with E-state index in [1.165, 1.54) is 12.6 Å². The number of allylic oxidation sites excluding steroid dienone is 6. The van der Waals surface area contributed by atoms with Crippen molar-refractivity contribution in [1.82, 2.24) is 5.53 Å². The fourth-order valence-electron chi connectivity index (χ4n) is 1.13. The van der Waals surface area contributed by atoms with Crippen LogP contribution in [0.25, 0.3) is 0 Å². The maximum absolute atomic E-state index is 9.63. The summed E-state index contributed by atoms with van der Waals surface area (Å²) in [4.78, 5) is 9.63. The molecule has 4 nitrogen and oxygen atoms in total. The largest absolute Gasteiger partial charge is 0.164 e. The SMILES string of the molecule is CCC/C=C/C(C)(C)/C=C/C=C/C=N/NN=O. The van der Waals surface area contributed by atoms with Crippen molar-refractivity contribution in [3.05, 3.63) is 41.4 Å². The van der Waals surface area contributed by atoms with Gasteiger partial charge in [-0.15, -0.1) is 4.91 Å². The summed E-state index contributed by atoms with van der Waals surface area (Å²) in [7, 11) is 0. The highest BCUT2D eigenvalue weighted by molar-refractivity contribution is 5.71. The Morgan fingerprint density at radius 1 is 1.18 bits per heavy atom. The highest BCUT2D eigenvalue weighted by atomic mass is 16.3. The fourth-order valence-corrected chi connectivity index (χ4v) is 1.13. The van der Waals surface area contributed by atoms with Crippen LogP contribution < -0.4 is 5.53 Å². The van der Waals surface area contributed by atoms with Gasteiger partial charge >= 0.3 is 0 Å². The van der Waals surface area contributed by atoms with E-state index in [4.69, 9.17) is 0 Å². The number of hydrazone groups is 1. The number of hydrogen-bond acceptors (Lipinski definition) is 3. The van der Waals surface area contributed by atoms with Crippen molar-refractivity contribution in [1.29, 1.82) is 0 Å². The molecule has 0 aromatic heterocycles. The lowest BCUT2D eigenvalue weighted by molar-refractivity contribution is 0.622. The standard InChI is InChI=1S/C13H21N3O/c1-4-5-7-10-13(2,3)11-8-6-9-12-14-15-16-17/h6-12H,4-5H2,1-3H3,(H,15,17)/b9-6+,10-7+,11-8+,14-12+. The predicted molar refractivity (Wildman–Crippen MR) is 73.5 cm³/mol. The lowest BCUT2D eigenvalue weighted by Gasteiger charge is -2.13. The van der Waals surface area contributed by atoms with Gasteiger partial charge in [-0.1, -0.05) is 57.6 Å². The second-order valence-electron chi connectivity index (χ2n) is 4.23. The van der Waals surface area contributed by atoms with Crippen LogP contribution in [0.15, 0.2) is 46.8 Å². The Morgan fingerprint density at radius 3 is 2.59 bits per heavy atom. The Bertz CT molecular complexity index is 315. The highest BCUT2D eigenvalue weighted by Gasteiger charge is 2.06. The van der Waals surface area contributed by atoms with Crippen LogP contribution in [0, 0.1) is 10.3 Å². The topological polar surface area (TPSA) is 53.8 Å². The minimum absolute atomic E-state index is 0.0548. The highest BCUT2D eigenvalue weighted by Crippen LogP contribution is 2.19. The molecule has 0 aromatic carbocycles. The monoisotopic (exact) mass is 235 g/mol. The third-order valence-corrected chi connectivity index (χ3v) is 2.01. The molecular weight excluding hydrogens is 214 g/mol. The molecule has 0 aliphatic heterocycles. The third-order valence-electron chi connectivity index (χ3n) is 2.01. The maximum atomic E-state index is 9.63. The predicted octanol–water partition coefficient (Wildman–Crippen LogP) is 3.74. The quantitative estimate of drug-likeness (QED) is 0.229. The zero-order valence-electron chi connectivity index (χ0n) is 10.8. The summed E-state index contributed by atoms with van der Waals surface area (Å²) in [6.45, 7) is 6.46. The number of nitrogens with one attached hydrogen (secondary N) is 1. The average Bonchev–Trinajstić information content (AvgIpc) is 2.28. The first kappa shape index (κ1) is 15.3. The van der Waals surface area contributed by atoms with Crippen molar-refractivity contribution in [3.8, 4) is 0 Å². The van der Waals surface area contributed by atoms with Crippen LogP contribution in [0.5, 0.6) is 0 Å². The molecule has 0 heterocycles. The van der Waals surface area contributed by atoms with Crippen LogP contribution in [0.1, 0.15) is 33.6 Å². The molecule has 0 aromatic rings. The number of rotatable bonds is 8. The Morgan fingerprint density at radius 2 is 1.94 bits per heavy atom. The van der Waals surface area contributed by atoms with Crippen LogP contribution in [0.3, 0.4) is 0 Å². The molecule has 0 bridgehead atoms. The van der Waals surface area contributed by atoms with Crippen LogP contribution in [0.2, 0.25) is 0 Å². The summed E-state index contributed by atoms with van der Waals surface area (Å²) < 4.78 is 0. The summed E-state index contributed by atoms with van der Waals surface area (Å²) >= 11 is 0. The Balaban J connectivity index is 4.08. The molecular formula is C13H21N3O. The van der Waals surface area contributed by atoms with Crippen molar-refractivity contribution >= 4 is 6.21 Å². The first-order valence-corrected chi connectivity index (χ1v) is 5.75. The van der Waals surface area contributed by atoms with Gasteiger partial charge in [-0.25, -0.2) is 0 Å². The van der Waals surface area contributed by atoms with E-state index in [1.807, 2.05) is 17.7 Å². The lowest BCUT2D eigenvalue weighted by atomic mass is 9.92. The molecule has 94 valence electrons. The number of unbranched alkanes of at least 4 members (excludes halogenated alkanes) is 1. The average molecular weight is 235 g/mol. The van der Waals surface area contributed by atoms with Gasteiger partial charge in [0.15, 0.2) is 0 Å². The minimum atomic E-state index is 0.0548. The molecule has 0 aliphatic rings. The molecule has 0 rings (SSSR count). The number of nitroso groups, excluding NO2 is 1. The van der Waals surface area contributed by atoms with Gasteiger partial charge in [0.25, 0.3) is 0 Å². The van der Waals surface area contributed by atoms with E-state index < -0.39 is 0 Å². The second kappa shape index (κ2) is 9.51. The van der Waals surface area contributed by atoms with Gasteiger partial charge in [-0.05, 0) is 12.5 Å². The number of nitrogens with zero attached hydrogens (tertiary/aromatic N) is 2. The smallest absolute Gasteiger partial charge is 0.0722 e. The van der Waals surface area contributed by atoms with Gasteiger partial charge in [-0.3, -0.25) is 0 Å². The lowest BCUT2D eigenvalue weighted by Crippen LogP contribution is -2.01. The van der Waals surface area contributed by atoms with Crippen LogP contribution >= 0.6 is 0 Å². The summed E-state index contributed by atoms with van der Waals surface area (Å²) in [5.41, 5.74) is 2.00. The molecule has 0 atom stereocenters. The molecule has 0 amide bonds.